The molecule has 15 heteroatoms. The zero-order chi connectivity index (χ0) is 35.6. The van der Waals surface area contributed by atoms with Crippen LogP contribution in [0.4, 0.5) is 28.9 Å². The van der Waals surface area contributed by atoms with Gasteiger partial charge < -0.3 is 24.6 Å². The second kappa shape index (κ2) is 14.0. The van der Waals surface area contributed by atoms with Crippen molar-refractivity contribution in [1.29, 1.82) is 0 Å². The fraction of sp³-hybridized carbons (Fsp3) is 0.343. The lowest BCUT2D eigenvalue weighted by molar-refractivity contribution is -0.207. The Bertz CT molecular complexity index is 1970. The number of rotatable bonds is 11. The lowest BCUT2D eigenvalue weighted by Gasteiger charge is -2.37. The van der Waals surface area contributed by atoms with Crippen LogP contribution in [0.5, 0.6) is 0 Å². The van der Waals surface area contributed by atoms with E-state index in [1.807, 2.05) is 37.3 Å². The summed E-state index contributed by atoms with van der Waals surface area (Å²) in [7, 11) is 0. The van der Waals surface area contributed by atoms with Crippen LogP contribution < -0.4 is 15.4 Å². The van der Waals surface area contributed by atoms with E-state index in [1.54, 1.807) is 23.8 Å². The molecule has 2 unspecified atom stereocenters. The van der Waals surface area contributed by atoms with Gasteiger partial charge >= 0.3 is 5.92 Å². The third-order valence-corrected chi connectivity index (χ3v) is 9.24. The van der Waals surface area contributed by atoms with Crippen LogP contribution in [-0.4, -0.2) is 72.3 Å². The number of anilines is 2. The lowest BCUT2D eigenvalue weighted by atomic mass is 9.84. The summed E-state index contributed by atoms with van der Waals surface area (Å²) < 4.78 is 63.1. The van der Waals surface area contributed by atoms with E-state index in [0.29, 0.717) is 49.8 Å². The largest absolute Gasteiger partial charge is 0.391 e. The number of nitrogens with zero attached hydrogens (tertiary/aromatic N) is 8. The number of alkyl halides is 2. The summed E-state index contributed by atoms with van der Waals surface area (Å²) in [4.78, 5) is 21.1. The number of pyridine rings is 2. The van der Waals surface area contributed by atoms with Crippen LogP contribution in [0.3, 0.4) is 0 Å². The number of piperazine rings is 1. The molecule has 2 aromatic carbocycles. The average Bonchev–Trinajstić information content (AvgIpc) is 3.62. The fourth-order valence-corrected chi connectivity index (χ4v) is 6.44. The van der Waals surface area contributed by atoms with E-state index < -0.39 is 47.1 Å². The maximum atomic E-state index is 16.1. The Morgan fingerprint density at radius 2 is 1.58 bits per heavy atom. The molecule has 50 heavy (non-hydrogen) atoms. The highest BCUT2D eigenvalue weighted by atomic mass is 19.3. The van der Waals surface area contributed by atoms with E-state index in [9.17, 15) is 23.8 Å². The maximum Gasteiger partial charge on any atom is 0.323 e. The molecule has 6 rings (SSSR count). The zero-order valence-electron chi connectivity index (χ0n) is 27.4. The van der Waals surface area contributed by atoms with E-state index >= 15 is 8.78 Å². The molecule has 1 saturated heterocycles. The molecule has 3 atom stereocenters. The topological polar surface area (TPSA) is 125 Å². The molecular weight excluding hydrogens is 656 g/mol. The fourth-order valence-electron chi connectivity index (χ4n) is 6.44. The highest BCUT2D eigenvalue weighted by molar-refractivity contribution is 5.66. The Hall–Kier alpha value is -5.15. The third kappa shape index (κ3) is 6.70. The Kier molecular flexibility index (Phi) is 9.71. The minimum Gasteiger partial charge on any atom is -0.391 e. The zero-order valence-corrected chi connectivity index (χ0v) is 27.4. The van der Waals surface area contributed by atoms with E-state index in [1.165, 1.54) is 12.3 Å². The van der Waals surface area contributed by atoms with Gasteiger partial charge in [0.25, 0.3) is 5.56 Å². The predicted molar refractivity (Wildman–Crippen MR) is 178 cm³/mol. The van der Waals surface area contributed by atoms with Crippen molar-refractivity contribution >= 4 is 11.4 Å². The van der Waals surface area contributed by atoms with Gasteiger partial charge in [-0.25, -0.2) is 13.5 Å². The van der Waals surface area contributed by atoms with Crippen LogP contribution in [0.15, 0.2) is 90.2 Å². The van der Waals surface area contributed by atoms with Gasteiger partial charge in [0.1, 0.15) is 23.7 Å². The van der Waals surface area contributed by atoms with Gasteiger partial charge in [0.2, 0.25) is 0 Å². The quantitative estimate of drug-likeness (QED) is 0.193. The van der Waals surface area contributed by atoms with Gasteiger partial charge in [-0.3, -0.25) is 9.78 Å². The van der Waals surface area contributed by atoms with Crippen molar-refractivity contribution < 1.29 is 27.8 Å². The highest BCUT2D eigenvalue weighted by Crippen LogP contribution is 2.47. The summed E-state index contributed by atoms with van der Waals surface area (Å²) in [6, 6.07) is 15.2. The molecular formula is C35H36F4N8O3. The molecule has 0 spiro atoms. The molecule has 1 aliphatic heterocycles. The number of aromatic nitrogens is 6. The van der Waals surface area contributed by atoms with Crippen LogP contribution in [0.25, 0.3) is 11.1 Å². The molecule has 0 radical (unpaired) electrons. The van der Waals surface area contributed by atoms with Crippen molar-refractivity contribution in [2.24, 2.45) is 0 Å². The van der Waals surface area contributed by atoms with Crippen molar-refractivity contribution in [3.05, 3.63) is 119 Å². The molecule has 1 aliphatic rings. The molecule has 4 heterocycles. The van der Waals surface area contributed by atoms with E-state index in [2.05, 4.69) is 30.3 Å². The van der Waals surface area contributed by atoms with Crippen molar-refractivity contribution in [2.45, 2.75) is 50.5 Å². The van der Waals surface area contributed by atoms with Crippen molar-refractivity contribution in [1.82, 2.24) is 29.8 Å². The van der Waals surface area contributed by atoms with Gasteiger partial charge in [-0.2, -0.15) is 8.78 Å². The number of tetrazole rings is 1. The Morgan fingerprint density at radius 3 is 2.14 bits per heavy atom. The minimum atomic E-state index is -4.16. The molecule has 1 fully saturated rings. The first-order valence-electron chi connectivity index (χ1n) is 16.1. The second-order valence-corrected chi connectivity index (χ2v) is 12.4. The van der Waals surface area contributed by atoms with Gasteiger partial charge in [0, 0.05) is 73.2 Å². The van der Waals surface area contributed by atoms with Crippen LogP contribution in [0.1, 0.15) is 37.6 Å². The number of aliphatic hydroxyl groups excluding tert-OH is 1. The minimum absolute atomic E-state index is 0.152. The Labute approximate surface area is 285 Å². The normalized spacial score (nSPS) is 16.2. The molecule has 5 aromatic rings. The highest BCUT2D eigenvalue weighted by Gasteiger charge is 2.58. The third-order valence-electron chi connectivity index (χ3n) is 9.24. The van der Waals surface area contributed by atoms with Crippen LogP contribution in [0.2, 0.25) is 0 Å². The molecule has 0 saturated carbocycles. The van der Waals surface area contributed by atoms with Gasteiger partial charge in [-0.15, -0.1) is 5.10 Å². The monoisotopic (exact) mass is 692 g/mol. The second-order valence-electron chi connectivity index (χ2n) is 12.4. The number of benzene rings is 2. The van der Waals surface area contributed by atoms with Crippen LogP contribution in [0, 0.1) is 11.6 Å². The molecule has 0 aliphatic carbocycles. The molecule has 3 aromatic heterocycles. The summed E-state index contributed by atoms with van der Waals surface area (Å²) in [6.07, 6.45) is 3.98. The summed E-state index contributed by atoms with van der Waals surface area (Å²) in [5.74, 6) is -6.51. The van der Waals surface area contributed by atoms with Crippen molar-refractivity contribution in [3.8, 4) is 11.1 Å². The Balaban J connectivity index is 1.15. The van der Waals surface area contributed by atoms with E-state index in [0.717, 1.165) is 40.6 Å². The summed E-state index contributed by atoms with van der Waals surface area (Å²) in [5.41, 5.74) is -2.00. The summed E-state index contributed by atoms with van der Waals surface area (Å²) in [6.45, 7) is 5.48. The number of hydrogen-bond acceptors (Lipinski definition) is 9. The SMILES string of the molecule is CCC(C(C)O)n1ccc(N2CCN(c3ccc(-c4ccc(C(F)(F)[C@](O)(Cn5cnnn5)c5ccc(F)cc5F)nc4)cc3)CC2)cc1=O. The average molecular weight is 693 g/mol. The van der Waals surface area contributed by atoms with E-state index in [-0.39, 0.29) is 11.6 Å². The van der Waals surface area contributed by atoms with Gasteiger partial charge in [0.05, 0.1) is 18.7 Å². The van der Waals surface area contributed by atoms with Crippen molar-refractivity contribution in [2.75, 3.05) is 36.0 Å². The Morgan fingerprint density at radius 1 is 0.900 bits per heavy atom. The summed E-state index contributed by atoms with van der Waals surface area (Å²) >= 11 is 0. The smallest absolute Gasteiger partial charge is 0.323 e. The van der Waals surface area contributed by atoms with Crippen LogP contribution in [-0.2, 0) is 18.1 Å². The van der Waals surface area contributed by atoms with Crippen LogP contribution >= 0.6 is 0 Å². The van der Waals surface area contributed by atoms with Gasteiger partial charge in [-0.1, -0.05) is 25.1 Å². The van der Waals surface area contributed by atoms with E-state index in [4.69, 9.17) is 0 Å². The van der Waals surface area contributed by atoms with Gasteiger partial charge in [0.15, 0.2) is 5.60 Å². The maximum absolute atomic E-state index is 16.1. The molecule has 0 amide bonds. The first-order chi connectivity index (χ1) is 23.9. The predicted octanol–water partition coefficient (Wildman–Crippen LogP) is 4.51. The molecule has 262 valence electrons. The first-order valence-corrected chi connectivity index (χ1v) is 16.1. The van der Waals surface area contributed by atoms with Gasteiger partial charge in [-0.05, 0) is 65.7 Å². The number of aliphatic hydroxyl groups is 2. The molecule has 0 bridgehead atoms. The molecule has 11 nitrogen and oxygen atoms in total. The molecule has 2 N–H and O–H groups in total. The van der Waals surface area contributed by atoms with Crippen molar-refractivity contribution in [3.63, 3.8) is 0 Å². The first kappa shape index (κ1) is 34.7. The number of halogens is 4. The lowest BCUT2D eigenvalue weighted by Crippen LogP contribution is -2.48. The number of hydrogen-bond donors (Lipinski definition) is 2. The standard InChI is InChI=1S/C35H36F4N8O3/c1-3-31(23(2)48)47-13-12-28(19-33(47)49)45-16-14-44(15-17-45)27-8-4-24(5-9-27)25-6-11-32(40-20-25)35(38,39)34(50,21-46-22-41-42-43-46)29-10-7-26(36)18-30(29)37/h4-13,18-20,22-23,31,48,50H,3,14-17,21H2,1-2H3/t23?,31?,34-/m0/s1. The summed E-state index contributed by atoms with van der Waals surface area (Å²) in [5, 5.41) is 31.8.